The van der Waals surface area contributed by atoms with Gasteiger partial charge in [-0.2, -0.15) is 0 Å². The molecule has 1 aromatic heterocycles. The third kappa shape index (κ3) is 4.09. The maximum Gasteiger partial charge on any atom is 0.522 e. The number of rotatable bonds is 3. The highest BCUT2D eigenvalue weighted by atomic mass is 19.4. The Balaban J connectivity index is 2.02. The van der Waals surface area contributed by atoms with Crippen LogP contribution in [-0.4, -0.2) is 48.5 Å². The summed E-state index contributed by atoms with van der Waals surface area (Å²) in [6, 6.07) is 1.61. The van der Waals surface area contributed by atoms with E-state index in [9.17, 15) is 18.0 Å². The van der Waals surface area contributed by atoms with Gasteiger partial charge in [-0.15, -0.1) is 13.2 Å². The summed E-state index contributed by atoms with van der Waals surface area (Å²) in [5, 5.41) is 0. The van der Waals surface area contributed by atoms with E-state index >= 15 is 0 Å². The maximum atomic E-state index is 12.5. The number of piperidine rings is 1. The third-order valence-electron chi connectivity index (χ3n) is 3.48. The van der Waals surface area contributed by atoms with Gasteiger partial charge in [0.25, 0.3) is 5.91 Å². The van der Waals surface area contributed by atoms with Crippen molar-refractivity contribution in [1.82, 2.24) is 9.88 Å². The van der Waals surface area contributed by atoms with Crippen molar-refractivity contribution in [3.8, 4) is 5.75 Å². The van der Waals surface area contributed by atoms with Gasteiger partial charge in [-0.3, -0.25) is 14.5 Å². The molecule has 1 aliphatic heterocycles. The van der Waals surface area contributed by atoms with Crippen molar-refractivity contribution < 1.29 is 27.4 Å². The minimum absolute atomic E-state index is 0.150. The van der Waals surface area contributed by atoms with Crippen molar-refractivity contribution in [3.63, 3.8) is 0 Å². The summed E-state index contributed by atoms with van der Waals surface area (Å²) in [4.78, 5) is 18.0. The molecule has 0 radical (unpaired) electrons. The van der Waals surface area contributed by atoms with Crippen molar-refractivity contribution in [2.45, 2.75) is 32.2 Å². The molecule has 1 aliphatic rings. The number of aromatic nitrogens is 1. The first kappa shape index (κ1) is 16.5. The molecular formula is C14H17F3N2O3. The van der Waals surface area contributed by atoms with Crippen LogP contribution < -0.4 is 4.74 Å². The number of amides is 1. The second-order valence-electron chi connectivity index (χ2n) is 5.08. The van der Waals surface area contributed by atoms with E-state index < -0.39 is 12.5 Å². The molecule has 0 bridgehead atoms. The minimum atomic E-state index is -4.64. The molecule has 1 amide bonds. The number of aryl methyl sites for hydroxylation is 1. The fourth-order valence-corrected chi connectivity index (χ4v) is 2.41. The summed E-state index contributed by atoms with van der Waals surface area (Å²) < 4.78 is 45.7. The highest BCUT2D eigenvalue weighted by Gasteiger charge is 2.36. The Labute approximate surface area is 126 Å². The van der Waals surface area contributed by atoms with Crippen molar-refractivity contribution >= 4 is 5.91 Å². The van der Waals surface area contributed by atoms with Crippen LogP contribution >= 0.6 is 0 Å². The molecule has 0 saturated carbocycles. The zero-order valence-corrected chi connectivity index (χ0v) is 12.3. The number of methoxy groups -OCH3 is 1. The molecule has 0 N–H and O–H groups in total. The van der Waals surface area contributed by atoms with Gasteiger partial charge in [-0.1, -0.05) is 0 Å². The first-order valence-corrected chi connectivity index (χ1v) is 6.84. The number of pyridine rings is 1. The Morgan fingerprint density at radius 3 is 2.55 bits per heavy atom. The van der Waals surface area contributed by atoms with Crippen LogP contribution in [0.2, 0.25) is 0 Å². The number of nitrogens with zero attached hydrogens (tertiary/aromatic N) is 2. The number of carbonyl (C=O) groups excluding carboxylic acids is 1. The van der Waals surface area contributed by atoms with E-state index in [1.54, 1.807) is 13.0 Å². The predicted molar refractivity (Wildman–Crippen MR) is 71.6 cm³/mol. The smallest absolute Gasteiger partial charge is 0.494 e. The maximum absolute atomic E-state index is 12.5. The summed E-state index contributed by atoms with van der Waals surface area (Å²) in [5.41, 5.74) is 1.03. The van der Waals surface area contributed by atoms with E-state index in [-0.39, 0.29) is 31.8 Å². The summed E-state index contributed by atoms with van der Waals surface area (Å²) in [7, 11) is 1.44. The number of alkyl halides is 3. The van der Waals surface area contributed by atoms with E-state index in [0.717, 1.165) is 0 Å². The van der Waals surface area contributed by atoms with Gasteiger partial charge >= 0.3 is 6.36 Å². The van der Waals surface area contributed by atoms with Gasteiger partial charge in [0.15, 0.2) is 0 Å². The summed E-state index contributed by atoms with van der Waals surface area (Å²) in [6.45, 7) is 2.17. The molecule has 0 unspecified atom stereocenters. The van der Waals surface area contributed by atoms with Gasteiger partial charge in [0.1, 0.15) is 5.75 Å². The lowest BCUT2D eigenvalue weighted by Crippen LogP contribution is -2.42. The standard InChI is InChI=1S/C14H17F3N2O3/c1-9-7-11(12(21-2)8-18-9)13(20)19-5-3-10(4-6-19)22-14(15,16)17/h7-8,10H,3-6H2,1-2H3. The largest absolute Gasteiger partial charge is 0.522 e. The van der Waals surface area contributed by atoms with Gasteiger partial charge in [0.05, 0.1) is 25.0 Å². The van der Waals surface area contributed by atoms with Crippen LogP contribution in [0.1, 0.15) is 28.9 Å². The average Bonchev–Trinajstić information content (AvgIpc) is 2.45. The van der Waals surface area contributed by atoms with Gasteiger partial charge in [-0.05, 0) is 25.8 Å². The molecule has 8 heteroatoms. The highest BCUT2D eigenvalue weighted by molar-refractivity contribution is 5.97. The van der Waals surface area contributed by atoms with E-state index in [1.807, 2.05) is 0 Å². The fourth-order valence-electron chi connectivity index (χ4n) is 2.41. The second-order valence-corrected chi connectivity index (χ2v) is 5.08. The molecule has 2 rings (SSSR count). The Bertz CT molecular complexity index is 541. The SMILES string of the molecule is COc1cnc(C)cc1C(=O)N1CCC(OC(F)(F)F)CC1. The first-order chi connectivity index (χ1) is 10.3. The van der Waals surface area contributed by atoms with Crippen LogP contribution in [0.25, 0.3) is 0 Å². The molecule has 1 saturated heterocycles. The minimum Gasteiger partial charge on any atom is -0.494 e. The predicted octanol–water partition coefficient (Wildman–Crippen LogP) is 2.54. The van der Waals surface area contributed by atoms with Crippen LogP contribution in [0, 0.1) is 6.92 Å². The quantitative estimate of drug-likeness (QED) is 0.859. The topological polar surface area (TPSA) is 51.7 Å². The number of hydrogen-bond donors (Lipinski definition) is 0. The average molecular weight is 318 g/mol. The Kier molecular flexibility index (Phi) is 4.90. The van der Waals surface area contributed by atoms with Crippen molar-refractivity contribution in [3.05, 3.63) is 23.5 Å². The molecule has 122 valence electrons. The Morgan fingerprint density at radius 1 is 1.36 bits per heavy atom. The number of halogens is 3. The molecule has 2 heterocycles. The fraction of sp³-hybridized carbons (Fsp3) is 0.571. The molecule has 22 heavy (non-hydrogen) atoms. The summed E-state index contributed by atoms with van der Waals surface area (Å²) >= 11 is 0. The number of likely N-dealkylation sites (tertiary alicyclic amines) is 1. The third-order valence-corrected chi connectivity index (χ3v) is 3.48. The van der Waals surface area contributed by atoms with Gasteiger partial charge < -0.3 is 9.64 Å². The van der Waals surface area contributed by atoms with Crippen LogP contribution in [0.3, 0.4) is 0 Å². The van der Waals surface area contributed by atoms with Gasteiger partial charge in [0, 0.05) is 18.8 Å². The number of hydrogen-bond acceptors (Lipinski definition) is 4. The molecule has 0 atom stereocenters. The van der Waals surface area contributed by atoms with Crippen LogP contribution in [0.4, 0.5) is 13.2 Å². The molecular weight excluding hydrogens is 301 g/mol. The highest BCUT2D eigenvalue weighted by Crippen LogP contribution is 2.26. The van der Waals surface area contributed by atoms with Crippen LogP contribution in [0.15, 0.2) is 12.3 Å². The van der Waals surface area contributed by atoms with E-state index in [1.165, 1.54) is 18.2 Å². The monoisotopic (exact) mass is 318 g/mol. The lowest BCUT2D eigenvalue weighted by Gasteiger charge is -2.32. The second kappa shape index (κ2) is 6.51. The molecule has 1 aromatic rings. The molecule has 0 aromatic carbocycles. The van der Waals surface area contributed by atoms with E-state index in [0.29, 0.717) is 17.0 Å². The lowest BCUT2D eigenvalue weighted by molar-refractivity contribution is -0.345. The molecule has 0 aliphatic carbocycles. The Morgan fingerprint density at radius 2 is 2.00 bits per heavy atom. The first-order valence-electron chi connectivity index (χ1n) is 6.84. The van der Waals surface area contributed by atoms with Crippen molar-refractivity contribution in [1.29, 1.82) is 0 Å². The van der Waals surface area contributed by atoms with E-state index in [2.05, 4.69) is 9.72 Å². The van der Waals surface area contributed by atoms with Crippen molar-refractivity contribution in [2.75, 3.05) is 20.2 Å². The van der Waals surface area contributed by atoms with Crippen LogP contribution in [-0.2, 0) is 4.74 Å². The Hall–Kier alpha value is -1.83. The summed E-state index contributed by atoms with van der Waals surface area (Å²) in [6.07, 6.45) is -3.77. The zero-order valence-electron chi connectivity index (χ0n) is 12.3. The van der Waals surface area contributed by atoms with Crippen LogP contribution in [0.5, 0.6) is 5.75 Å². The van der Waals surface area contributed by atoms with Gasteiger partial charge in [-0.25, -0.2) is 0 Å². The molecule has 0 spiro atoms. The molecule has 5 nitrogen and oxygen atoms in total. The molecule has 1 fully saturated rings. The van der Waals surface area contributed by atoms with E-state index in [4.69, 9.17) is 4.74 Å². The lowest BCUT2D eigenvalue weighted by atomic mass is 10.1. The zero-order chi connectivity index (χ0) is 16.3. The normalized spacial score (nSPS) is 16.7. The number of carbonyl (C=O) groups is 1. The summed E-state index contributed by atoms with van der Waals surface area (Å²) in [5.74, 6) is 0.0806. The van der Waals surface area contributed by atoms with Gasteiger partial charge in [0.2, 0.25) is 0 Å². The van der Waals surface area contributed by atoms with Crippen molar-refractivity contribution in [2.24, 2.45) is 0 Å². The number of ether oxygens (including phenoxy) is 2.